The molecule has 0 unspecified atom stereocenters. The molecular formula is C19H19NOS. The third-order valence-electron chi connectivity index (χ3n) is 3.92. The molecule has 1 N–H and O–H groups in total. The molecule has 0 spiro atoms. The number of rotatable bonds is 5. The van der Waals surface area contributed by atoms with Crippen LogP contribution in [0, 0.1) is 13.8 Å². The summed E-state index contributed by atoms with van der Waals surface area (Å²) in [6.45, 7) is 4.08. The first kappa shape index (κ1) is 14.9. The van der Waals surface area contributed by atoms with E-state index in [9.17, 15) is 4.79 Å². The van der Waals surface area contributed by atoms with E-state index >= 15 is 0 Å². The second-order valence-corrected chi connectivity index (χ2v) is 6.50. The van der Waals surface area contributed by atoms with Gasteiger partial charge in [0.2, 0.25) is 0 Å². The molecule has 0 fully saturated rings. The normalized spacial score (nSPS) is 11.0. The number of benzene rings is 2. The molecule has 1 heterocycles. The number of H-pyrrole nitrogens is 1. The van der Waals surface area contributed by atoms with Crippen LogP contribution in [0.3, 0.4) is 0 Å². The van der Waals surface area contributed by atoms with Crippen molar-refractivity contribution in [3.8, 4) is 0 Å². The van der Waals surface area contributed by atoms with Gasteiger partial charge >= 0.3 is 0 Å². The number of nitrogens with one attached hydrogen (secondary N) is 1. The number of aromatic nitrogens is 1. The van der Waals surface area contributed by atoms with Crippen molar-refractivity contribution in [2.45, 2.75) is 19.6 Å². The quantitative estimate of drug-likeness (QED) is 0.680. The Morgan fingerprint density at radius 3 is 2.59 bits per heavy atom. The van der Waals surface area contributed by atoms with Gasteiger partial charge < -0.3 is 4.98 Å². The Morgan fingerprint density at radius 2 is 1.77 bits per heavy atom. The van der Waals surface area contributed by atoms with Crippen LogP contribution in [0.4, 0.5) is 0 Å². The molecule has 0 aliphatic heterocycles. The van der Waals surface area contributed by atoms with Gasteiger partial charge in [-0.2, -0.15) is 0 Å². The second-order valence-electron chi connectivity index (χ2n) is 5.51. The summed E-state index contributed by atoms with van der Waals surface area (Å²) in [5, 5.41) is 1.03. The average Bonchev–Trinajstić information content (AvgIpc) is 2.85. The maximum atomic E-state index is 12.6. The predicted octanol–water partition coefficient (Wildman–Crippen LogP) is 4.90. The highest BCUT2D eigenvalue weighted by atomic mass is 32.2. The van der Waals surface area contributed by atoms with E-state index in [1.54, 1.807) is 11.8 Å². The zero-order chi connectivity index (χ0) is 15.5. The second kappa shape index (κ2) is 6.41. The molecule has 3 aromatic rings. The standard InChI is InChI=1S/C19H19NOS/c1-13-7-3-4-8-15(13)11-22-12-18(21)19-14(2)20-17-10-6-5-9-16(17)19/h3-10,20H,11-12H2,1-2H3. The van der Waals surface area contributed by atoms with Crippen LogP contribution in [0.1, 0.15) is 27.2 Å². The molecule has 0 saturated heterocycles. The lowest BCUT2D eigenvalue weighted by molar-refractivity contribution is 0.102. The maximum Gasteiger partial charge on any atom is 0.175 e. The lowest BCUT2D eigenvalue weighted by Gasteiger charge is -2.05. The summed E-state index contributed by atoms with van der Waals surface area (Å²) >= 11 is 1.68. The van der Waals surface area contributed by atoms with Gasteiger partial charge in [0.05, 0.1) is 5.75 Å². The summed E-state index contributed by atoms with van der Waals surface area (Å²) in [5.41, 5.74) is 5.42. The molecule has 2 nitrogen and oxygen atoms in total. The van der Waals surface area contributed by atoms with Crippen LogP contribution in [0.15, 0.2) is 48.5 Å². The lowest BCUT2D eigenvalue weighted by atomic mass is 10.1. The van der Waals surface area contributed by atoms with Gasteiger partial charge in [-0.05, 0) is 31.0 Å². The number of hydrogen-bond donors (Lipinski definition) is 1. The average molecular weight is 309 g/mol. The van der Waals surface area contributed by atoms with Gasteiger partial charge in [0, 0.05) is 27.9 Å². The molecule has 0 bridgehead atoms. The summed E-state index contributed by atoms with van der Waals surface area (Å²) in [6.07, 6.45) is 0. The van der Waals surface area contributed by atoms with E-state index in [-0.39, 0.29) is 5.78 Å². The fourth-order valence-corrected chi connectivity index (χ4v) is 3.71. The number of aromatic amines is 1. The Kier molecular flexibility index (Phi) is 4.34. The van der Waals surface area contributed by atoms with Crippen LogP contribution >= 0.6 is 11.8 Å². The third kappa shape index (κ3) is 2.95. The first-order valence-electron chi connectivity index (χ1n) is 7.39. The van der Waals surface area contributed by atoms with E-state index in [0.29, 0.717) is 5.75 Å². The number of Topliss-reactive ketones (excluding diaryl/α,β-unsaturated/α-hetero) is 1. The minimum absolute atomic E-state index is 0.202. The largest absolute Gasteiger partial charge is 0.358 e. The Hall–Kier alpha value is -2.00. The van der Waals surface area contributed by atoms with Crippen molar-refractivity contribution in [2.75, 3.05) is 5.75 Å². The van der Waals surface area contributed by atoms with Crippen LogP contribution in [0.5, 0.6) is 0 Å². The summed E-state index contributed by atoms with van der Waals surface area (Å²) in [5.74, 6) is 1.59. The topological polar surface area (TPSA) is 32.9 Å². The van der Waals surface area contributed by atoms with Crippen LogP contribution in [-0.2, 0) is 5.75 Å². The molecule has 2 aromatic carbocycles. The molecule has 0 aliphatic carbocycles. The first-order valence-corrected chi connectivity index (χ1v) is 8.55. The molecule has 1 aromatic heterocycles. The van der Waals surface area contributed by atoms with Gasteiger partial charge in [0.15, 0.2) is 5.78 Å². The fraction of sp³-hybridized carbons (Fsp3) is 0.211. The molecule has 0 radical (unpaired) electrons. The molecule has 3 heteroatoms. The number of hydrogen-bond acceptors (Lipinski definition) is 2. The van der Waals surface area contributed by atoms with Crippen molar-refractivity contribution in [1.29, 1.82) is 0 Å². The van der Waals surface area contributed by atoms with E-state index < -0.39 is 0 Å². The zero-order valence-corrected chi connectivity index (χ0v) is 13.7. The number of para-hydroxylation sites is 1. The van der Waals surface area contributed by atoms with Crippen molar-refractivity contribution in [1.82, 2.24) is 4.98 Å². The predicted molar refractivity (Wildman–Crippen MR) is 94.7 cm³/mol. The Labute approximate surface area is 134 Å². The molecule has 0 amide bonds. The van der Waals surface area contributed by atoms with Crippen molar-refractivity contribution >= 4 is 28.4 Å². The number of fused-ring (bicyclic) bond motifs is 1. The van der Waals surface area contributed by atoms with Crippen LogP contribution in [0.25, 0.3) is 10.9 Å². The summed E-state index contributed by atoms with van der Waals surface area (Å²) in [4.78, 5) is 15.9. The van der Waals surface area contributed by atoms with E-state index in [2.05, 4.69) is 30.1 Å². The number of carbonyl (C=O) groups is 1. The van der Waals surface area contributed by atoms with E-state index in [1.807, 2.05) is 37.3 Å². The van der Waals surface area contributed by atoms with Crippen molar-refractivity contribution in [3.63, 3.8) is 0 Å². The SMILES string of the molecule is Cc1ccccc1CSCC(=O)c1c(C)[nH]c2ccccc12. The van der Waals surface area contributed by atoms with E-state index in [0.717, 1.165) is 27.9 Å². The highest BCUT2D eigenvalue weighted by Crippen LogP contribution is 2.24. The molecule has 0 saturated carbocycles. The maximum absolute atomic E-state index is 12.6. The van der Waals surface area contributed by atoms with Gasteiger partial charge in [0.25, 0.3) is 0 Å². The highest BCUT2D eigenvalue weighted by molar-refractivity contribution is 7.99. The smallest absolute Gasteiger partial charge is 0.175 e. The Bertz CT molecular complexity index is 819. The number of aryl methyl sites for hydroxylation is 2. The van der Waals surface area contributed by atoms with Crippen molar-refractivity contribution in [2.24, 2.45) is 0 Å². The van der Waals surface area contributed by atoms with Crippen molar-refractivity contribution in [3.05, 3.63) is 70.9 Å². The van der Waals surface area contributed by atoms with Gasteiger partial charge in [-0.25, -0.2) is 0 Å². The minimum atomic E-state index is 0.202. The summed E-state index contributed by atoms with van der Waals surface area (Å²) < 4.78 is 0. The number of carbonyl (C=O) groups excluding carboxylic acids is 1. The Morgan fingerprint density at radius 1 is 1.05 bits per heavy atom. The zero-order valence-electron chi connectivity index (χ0n) is 12.8. The summed E-state index contributed by atoms with van der Waals surface area (Å²) in [7, 11) is 0. The van der Waals surface area contributed by atoms with Gasteiger partial charge in [-0.15, -0.1) is 11.8 Å². The first-order chi connectivity index (χ1) is 10.7. The fourth-order valence-electron chi connectivity index (χ4n) is 2.73. The van der Waals surface area contributed by atoms with E-state index in [1.165, 1.54) is 11.1 Å². The summed E-state index contributed by atoms with van der Waals surface area (Å²) in [6, 6.07) is 16.3. The van der Waals surface area contributed by atoms with Gasteiger partial charge in [-0.3, -0.25) is 4.79 Å². The molecule has 0 aliphatic rings. The van der Waals surface area contributed by atoms with Gasteiger partial charge in [0.1, 0.15) is 0 Å². The highest BCUT2D eigenvalue weighted by Gasteiger charge is 2.15. The molecule has 3 rings (SSSR count). The van der Waals surface area contributed by atoms with Gasteiger partial charge in [-0.1, -0.05) is 42.5 Å². The van der Waals surface area contributed by atoms with Crippen LogP contribution in [-0.4, -0.2) is 16.5 Å². The number of ketones is 1. The van der Waals surface area contributed by atoms with Crippen molar-refractivity contribution < 1.29 is 4.79 Å². The number of thioether (sulfide) groups is 1. The van der Waals surface area contributed by atoms with E-state index in [4.69, 9.17) is 0 Å². The molecule has 0 atom stereocenters. The van der Waals surface area contributed by atoms with Crippen LogP contribution in [0.2, 0.25) is 0 Å². The Balaban J connectivity index is 1.72. The monoisotopic (exact) mass is 309 g/mol. The molecule has 22 heavy (non-hydrogen) atoms. The molecule has 112 valence electrons. The lowest BCUT2D eigenvalue weighted by Crippen LogP contribution is -2.04. The minimum Gasteiger partial charge on any atom is -0.358 e. The third-order valence-corrected chi connectivity index (χ3v) is 4.91. The van der Waals surface area contributed by atoms with Crippen LogP contribution < -0.4 is 0 Å². The molecular weight excluding hydrogens is 290 g/mol.